The first-order valence-electron chi connectivity index (χ1n) is 6.36. The first-order chi connectivity index (χ1) is 8.00. The molecule has 2 atom stereocenters. The predicted octanol–water partition coefficient (Wildman–Crippen LogP) is 3.75. The molecular formula is C15H22OS. The van der Waals surface area contributed by atoms with Crippen molar-refractivity contribution in [3.05, 3.63) is 29.8 Å². The zero-order valence-electron chi connectivity index (χ0n) is 10.9. The fourth-order valence-electron chi connectivity index (χ4n) is 2.40. The second-order valence-corrected chi connectivity index (χ2v) is 7.38. The van der Waals surface area contributed by atoms with E-state index in [0.29, 0.717) is 17.8 Å². The highest BCUT2D eigenvalue weighted by atomic mass is 32.2. The molecule has 0 bridgehead atoms. The molecule has 94 valence electrons. The normalized spacial score (nSPS) is 21.3. The van der Waals surface area contributed by atoms with Crippen molar-refractivity contribution >= 4 is 11.8 Å². The molecule has 1 N–H and O–H groups in total. The lowest BCUT2D eigenvalue weighted by atomic mass is 9.78. The van der Waals surface area contributed by atoms with Crippen LogP contribution in [0.4, 0.5) is 0 Å². The van der Waals surface area contributed by atoms with Gasteiger partial charge in [0.2, 0.25) is 0 Å². The maximum Gasteiger partial charge on any atom is 0.0464 e. The van der Waals surface area contributed by atoms with Crippen LogP contribution in [0.3, 0.4) is 0 Å². The third-order valence-corrected chi connectivity index (χ3v) is 5.05. The molecule has 0 fully saturated rings. The van der Waals surface area contributed by atoms with Gasteiger partial charge in [-0.2, -0.15) is 0 Å². The fraction of sp³-hybridized carbons (Fsp3) is 0.600. The molecule has 1 aromatic carbocycles. The predicted molar refractivity (Wildman–Crippen MR) is 74.4 cm³/mol. The summed E-state index contributed by atoms with van der Waals surface area (Å²) >= 11 is 1.98. The van der Waals surface area contributed by atoms with Crippen LogP contribution in [0.1, 0.15) is 32.8 Å². The minimum Gasteiger partial charge on any atom is -0.396 e. The molecule has 1 aromatic rings. The van der Waals surface area contributed by atoms with Gasteiger partial charge in [-0.15, -0.1) is 11.8 Å². The minimum absolute atomic E-state index is 0.198. The number of aliphatic hydroxyl groups excluding tert-OH is 1. The Morgan fingerprint density at radius 3 is 2.65 bits per heavy atom. The molecule has 1 heterocycles. The molecule has 2 heteroatoms. The van der Waals surface area contributed by atoms with E-state index < -0.39 is 0 Å². The van der Waals surface area contributed by atoms with Crippen molar-refractivity contribution in [1.29, 1.82) is 0 Å². The SMILES string of the molecule is CC(C)(C)C(CO)CC1Cc2ccccc2S1. The summed E-state index contributed by atoms with van der Waals surface area (Å²) in [6.45, 7) is 6.97. The molecule has 1 aliphatic heterocycles. The quantitative estimate of drug-likeness (QED) is 0.881. The van der Waals surface area contributed by atoms with Crippen LogP contribution >= 0.6 is 11.8 Å². The van der Waals surface area contributed by atoms with Gasteiger partial charge in [-0.3, -0.25) is 0 Å². The first-order valence-corrected chi connectivity index (χ1v) is 7.24. The van der Waals surface area contributed by atoms with Crippen molar-refractivity contribution < 1.29 is 5.11 Å². The van der Waals surface area contributed by atoms with E-state index in [-0.39, 0.29) is 5.41 Å². The fourth-order valence-corrected chi connectivity index (χ4v) is 3.82. The van der Waals surface area contributed by atoms with Crippen molar-refractivity contribution in [2.75, 3.05) is 6.61 Å². The Kier molecular flexibility index (Phi) is 3.84. The number of benzene rings is 1. The number of thioether (sulfide) groups is 1. The molecule has 1 nitrogen and oxygen atoms in total. The van der Waals surface area contributed by atoms with Crippen LogP contribution in [0.25, 0.3) is 0 Å². The molecular weight excluding hydrogens is 228 g/mol. The molecule has 0 amide bonds. The summed E-state index contributed by atoms with van der Waals surface area (Å²) in [5, 5.41) is 10.2. The second kappa shape index (κ2) is 5.03. The number of rotatable bonds is 3. The highest BCUT2D eigenvalue weighted by Crippen LogP contribution is 2.42. The zero-order chi connectivity index (χ0) is 12.5. The van der Waals surface area contributed by atoms with Gasteiger partial charge < -0.3 is 5.11 Å². The molecule has 0 saturated heterocycles. The van der Waals surface area contributed by atoms with E-state index in [1.54, 1.807) is 0 Å². The van der Waals surface area contributed by atoms with E-state index in [1.807, 2.05) is 11.8 Å². The number of hydrogen-bond donors (Lipinski definition) is 1. The van der Waals surface area contributed by atoms with E-state index in [1.165, 1.54) is 10.5 Å². The first kappa shape index (κ1) is 13.0. The van der Waals surface area contributed by atoms with Gasteiger partial charge in [0, 0.05) is 16.8 Å². The van der Waals surface area contributed by atoms with Crippen LogP contribution in [-0.4, -0.2) is 17.0 Å². The average molecular weight is 250 g/mol. The van der Waals surface area contributed by atoms with E-state index >= 15 is 0 Å². The summed E-state index contributed by atoms with van der Waals surface area (Å²) in [5.74, 6) is 0.398. The van der Waals surface area contributed by atoms with Crippen LogP contribution in [0.2, 0.25) is 0 Å². The Balaban J connectivity index is 2.00. The van der Waals surface area contributed by atoms with E-state index in [9.17, 15) is 5.11 Å². The van der Waals surface area contributed by atoms with Gasteiger partial charge >= 0.3 is 0 Å². The molecule has 2 rings (SSSR count). The Labute approximate surface area is 109 Å². The number of hydrogen-bond acceptors (Lipinski definition) is 2. The van der Waals surface area contributed by atoms with Crippen molar-refractivity contribution in [1.82, 2.24) is 0 Å². The third kappa shape index (κ3) is 3.05. The van der Waals surface area contributed by atoms with Crippen molar-refractivity contribution in [2.45, 2.75) is 43.8 Å². The molecule has 2 unspecified atom stereocenters. The Morgan fingerprint density at radius 2 is 2.06 bits per heavy atom. The summed E-state index contributed by atoms with van der Waals surface area (Å²) in [6, 6.07) is 8.68. The second-order valence-electron chi connectivity index (χ2n) is 6.03. The van der Waals surface area contributed by atoms with E-state index in [2.05, 4.69) is 45.0 Å². The van der Waals surface area contributed by atoms with Gasteiger partial charge in [-0.25, -0.2) is 0 Å². The molecule has 17 heavy (non-hydrogen) atoms. The molecule has 1 aliphatic rings. The lowest BCUT2D eigenvalue weighted by Gasteiger charge is -2.30. The van der Waals surface area contributed by atoms with E-state index in [4.69, 9.17) is 0 Å². The Bertz CT molecular complexity index is 356. The van der Waals surface area contributed by atoms with Crippen molar-refractivity contribution in [3.63, 3.8) is 0 Å². The maximum absolute atomic E-state index is 9.53. The lowest BCUT2D eigenvalue weighted by molar-refractivity contribution is 0.123. The molecule has 0 radical (unpaired) electrons. The van der Waals surface area contributed by atoms with Gasteiger partial charge in [0.25, 0.3) is 0 Å². The molecule has 0 aliphatic carbocycles. The lowest BCUT2D eigenvalue weighted by Crippen LogP contribution is -2.27. The largest absolute Gasteiger partial charge is 0.396 e. The van der Waals surface area contributed by atoms with Gasteiger partial charge in [0.05, 0.1) is 0 Å². The third-order valence-electron chi connectivity index (χ3n) is 3.71. The summed E-state index contributed by atoms with van der Waals surface area (Å²) in [6.07, 6.45) is 2.27. The Hall–Kier alpha value is -0.470. The smallest absolute Gasteiger partial charge is 0.0464 e. The van der Waals surface area contributed by atoms with Crippen LogP contribution in [0, 0.1) is 11.3 Å². The summed E-state index contributed by atoms with van der Waals surface area (Å²) in [5.41, 5.74) is 1.68. The van der Waals surface area contributed by atoms with Crippen LogP contribution < -0.4 is 0 Å². The Morgan fingerprint density at radius 1 is 1.35 bits per heavy atom. The van der Waals surface area contributed by atoms with Gasteiger partial charge in [0.15, 0.2) is 0 Å². The highest BCUT2D eigenvalue weighted by molar-refractivity contribution is 8.00. The van der Waals surface area contributed by atoms with Crippen LogP contribution in [0.5, 0.6) is 0 Å². The van der Waals surface area contributed by atoms with E-state index in [0.717, 1.165) is 12.8 Å². The average Bonchev–Trinajstić information content (AvgIpc) is 2.66. The van der Waals surface area contributed by atoms with Gasteiger partial charge in [0.1, 0.15) is 0 Å². The minimum atomic E-state index is 0.198. The van der Waals surface area contributed by atoms with Gasteiger partial charge in [-0.05, 0) is 35.8 Å². The monoisotopic (exact) mass is 250 g/mol. The summed E-state index contributed by atoms with van der Waals surface area (Å²) < 4.78 is 0. The molecule has 0 saturated carbocycles. The summed E-state index contributed by atoms with van der Waals surface area (Å²) in [4.78, 5) is 1.43. The standard InChI is InChI=1S/C15H22OS/c1-15(2,3)12(10-16)9-13-8-11-6-4-5-7-14(11)17-13/h4-7,12-13,16H,8-10H2,1-3H3. The number of fused-ring (bicyclic) bond motifs is 1. The van der Waals surface area contributed by atoms with Crippen molar-refractivity contribution in [2.24, 2.45) is 11.3 Å². The zero-order valence-corrected chi connectivity index (χ0v) is 11.8. The molecule has 0 spiro atoms. The topological polar surface area (TPSA) is 20.2 Å². The summed E-state index contributed by atoms with van der Waals surface area (Å²) in [7, 11) is 0. The number of aliphatic hydroxyl groups is 1. The molecule has 0 aromatic heterocycles. The maximum atomic E-state index is 9.53. The van der Waals surface area contributed by atoms with Crippen LogP contribution in [0.15, 0.2) is 29.2 Å². The van der Waals surface area contributed by atoms with Crippen molar-refractivity contribution in [3.8, 4) is 0 Å². The highest BCUT2D eigenvalue weighted by Gasteiger charge is 2.30. The van der Waals surface area contributed by atoms with Gasteiger partial charge in [-0.1, -0.05) is 39.0 Å². The van der Waals surface area contributed by atoms with Crippen LogP contribution in [-0.2, 0) is 6.42 Å².